The summed E-state index contributed by atoms with van der Waals surface area (Å²) in [7, 11) is 0. The molecule has 0 N–H and O–H groups in total. The molecule has 26 heavy (non-hydrogen) atoms. The van der Waals surface area contributed by atoms with Crippen LogP contribution in [0.3, 0.4) is 0 Å². The first-order chi connectivity index (χ1) is 12.7. The van der Waals surface area contributed by atoms with Crippen molar-refractivity contribution in [2.45, 2.75) is 43.2 Å². The van der Waals surface area contributed by atoms with Gasteiger partial charge in [0.1, 0.15) is 5.76 Å². The van der Waals surface area contributed by atoms with E-state index >= 15 is 0 Å². The molecule has 0 radical (unpaired) electrons. The van der Waals surface area contributed by atoms with Crippen LogP contribution in [0.1, 0.15) is 51.4 Å². The fraction of sp³-hybridized carbons (Fsp3) is 0.476. The molecule has 1 spiro atoms. The summed E-state index contributed by atoms with van der Waals surface area (Å²) >= 11 is 4.10. The standard InChI is InChI=1S/C21H23NO2S2/c1-14-18-17(7-4-9-21(18)25-11-12-26-21)24-19(14)20(23)22-10-8-15-5-2-3-6-16(15)13-22/h2-3,5-6H,4,7-13H2,1H3. The van der Waals surface area contributed by atoms with Crippen LogP contribution >= 0.6 is 23.5 Å². The second-order valence-corrected chi connectivity index (χ2v) is 10.4. The van der Waals surface area contributed by atoms with Crippen LogP contribution in [0.15, 0.2) is 28.7 Å². The summed E-state index contributed by atoms with van der Waals surface area (Å²) < 4.78 is 6.34. The zero-order chi connectivity index (χ0) is 17.7. The maximum atomic E-state index is 13.3. The highest BCUT2D eigenvalue weighted by Crippen LogP contribution is 2.59. The summed E-state index contributed by atoms with van der Waals surface area (Å²) in [6.07, 6.45) is 4.25. The van der Waals surface area contributed by atoms with Gasteiger partial charge in [-0.1, -0.05) is 24.3 Å². The summed E-state index contributed by atoms with van der Waals surface area (Å²) in [6, 6.07) is 8.45. The Bertz CT molecular complexity index is 867. The molecule has 3 nitrogen and oxygen atoms in total. The van der Waals surface area contributed by atoms with Crippen molar-refractivity contribution in [1.82, 2.24) is 4.90 Å². The molecule has 3 aliphatic rings. The van der Waals surface area contributed by atoms with Crippen LogP contribution in [0.4, 0.5) is 0 Å². The monoisotopic (exact) mass is 385 g/mol. The highest BCUT2D eigenvalue weighted by Gasteiger charge is 2.45. The molecule has 1 fully saturated rings. The molecule has 5 heteroatoms. The lowest BCUT2D eigenvalue weighted by atomic mass is 9.93. The topological polar surface area (TPSA) is 33.5 Å². The summed E-state index contributed by atoms with van der Waals surface area (Å²) in [5.41, 5.74) is 5.05. The highest BCUT2D eigenvalue weighted by molar-refractivity contribution is 8.20. The Hall–Kier alpha value is -1.33. The minimum Gasteiger partial charge on any atom is -0.455 e. The number of benzene rings is 1. The van der Waals surface area contributed by atoms with E-state index in [-0.39, 0.29) is 9.99 Å². The van der Waals surface area contributed by atoms with E-state index in [0.717, 1.165) is 37.1 Å². The number of carbonyl (C=O) groups excluding carboxylic acids is 1. The molecule has 3 heterocycles. The van der Waals surface area contributed by atoms with Gasteiger partial charge in [0.15, 0.2) is 5.76 Å². The van der Waals surface area contributed by atoms with Crippen molar-refractivity contribution in [3.05, 3.63) is 58.0 Å². The Morgan fingerprint density at radius 2 is 1.92 bits per heavy atom. The van der Waals surface area contributed by atoms with E-state index < -0.39 is 0 Å². The van der Waals surface area contributed by atoms with Crippen molar-refractivity contribution in [3.8, 4) is 0 Å². The average Bonchev–Trinajstić information content (AvgIpc) is 3.26. The molecule has 2 aliphatic heterocycles. The normalized spacial score (nSPS) is 20.9. The third-order valence-corrected chi connectivity index (χ3v) is 9.41. The minimum absolute atomic E-state index is 0.0644. The number of thioether (sulfide) groups is 2. The van der Waals surface area contributed by atoms with Crippen LogP contribution in [0, 0.1) is 6.92 Å². The lowest BCUT2D eigenvalue weighted by Gasteiger charge is -2.31. The highest BCUT2D eigenvalue weighted by atomic mass is 32.2. The van der Waals surface area contributed by atoms with Gasteiger partial charge in [0.2, 0.25) is 0 Å². The van der Waals surface area contributed by atoms with E-state index in [4.69, 9.17) is 4.42 Å². The summed E-state index contributed by atoms with van der Waals surface area (Å²) in [5.74, 6) is 4.11. The molecule has 1 aromatic heterocycles. The summed E-state index contributed by atoms with van der Waals surface area (Å²) in [6.45, 7) is 3.56. The summed E-state index contributed by atoms with van der Waals surface area (Å²) in [4.78, 5) is 15.2. The van der Waals surface area contributed by atoms with E-state index in [0.29, 0.717) is 12.3 Å². The van der Waals surface area contributed by atoms with E-state index in [9.17, 15) is 4.79 Å². The number of furan rings is 1. The molecule has 2 aromatic rings. The van der Waals surface area contributed by atoms with E-state index in [1.807, 2.05) is 4.90 Å². The lowest BCUT2D eigenvalue weighted by Crippen LogP contribution is -2.36. The van der Waals surface area contributed by atoms with Gasteiger partial charge >= 0.3 is 0 Å². The maximum Gasteiger partial charge on any atom is 0.290 e. The zero-order valence-electron chi connectivity index (χ0n) is 15.0. The van der Waals surface area contributed by atoms with Crippen molar-refractivity contribution in [2.24, 2.45) is 0 Å². The fourth-order valence-electron chi connectivity index (χ4n) is 4.61. The molecular weight excluding hydrogens is 362 g/mol. The first kappa shape index (κ1) is 16.8. The van der Waals surface area contributed by atoms with Gasteiger partial charge in [-0.2, -0.15) is 0 Å². The summed E-state index contributed by atoms with van der Waals surface area (Å²) in [5, 5.41) is 0. The van der Waals surface area contributed by atoms with E-state index in [1.165, 1.54) is 34.6 Å². The second kappa shape index (κ2) is 6.38. The van der Waals surface area contributed by atoms with Crippen LogP contribution < -0.4 is 0 Å². The SMILES string of the molecule is Cc1c(C(=O)N2CCc3ccccc3C2)oc2c1C1(CCC2)SCCS1. The Morgan fingerprint density at radius 1 is 1.15 bits per heavy atom. The van der Waals surface area contributed by atoms with Crippen LogP contribution in [0.5, 0.6) is 0 Å². The fourth-order valence-corrected chi connectivity index (χ4v) is 8.17. The van der Waals surface area contributed by atoms with Gasteiger partial charge < -0.3 is 9.32 Å². The Balaban J connectivity index is 1.48. The van der Waals surface area contributed by atoms with E-state index in [2.05, 4.69) is 54.7 Å². The molecule has 0 atom stereocenters. The average molecular weight is 386 g/mol. The zero-order valence-corrected chi connectivity index (χ0v) is 16.7. The largest absolute Gasteiger partial charge is 0.455 e. The molecule has 5 rings (SSSR count). The number of amides is 1. The van der Waals surface area contributed by atoms with Gasteiger partial charge in [0, 0.05) is 42.1 Å². The number of hydrogen-bond acceptors (Lipinski definition) is 4. The van der Waals surface area contributed by atoms with Crippen molar-refractivity contribution >= 4 is 29.4 Å². The second-order valence-electron chi connectivity index (χ2n) is 7.40. The van der Waals surface area contributed by atoms with Gasteiger partial charge in [-0.15, -0.1) is 23.5 Å². The van der Waals surface area contributed by atoms with Crippen LogP contribution in [-0.2, 0) is 23.5 Å². The number of hydrogen-bond donors (Lipinski definition) is 0. The molecular formula is C21H23NO2S2. The molecule has 0 bridgehead atoms. The van der Waals surface area contributed by atoms with Crippen molar-refractivity contribution in [3.63, 3.8) is 0 Å². The Labute approximate surface area is 162 Å². The van der Waals surface area contributed by atoms with Gasteiger partial charge in [0.05, 0.1) is 4.08 Å². The predicted octanol–water partition coefficient (Wildman–Crippen LogP) is 4.76. The third kappa shape index (κ3) is 2.55. The predicted molar refractivity (Wildman–Crippen MR) is 108 cm³/mol. The van der Waals surface area contributed by atoms with Gasteiger partial charge in [-0.25, -0.2) is 0 Å². The van der Waals surface area contributed by atoms with Crippen molar-refractivity contribution < 1.29 is 9.21 Å². The maximum absolute atomic E-state index is 13.3. The smallest absolute Gasteiger partial charge is 0.290 e. The number of fused-ring (bicyclic) bond motifs is 3. The van der Waals surface area contributed by atoms with Crippen LogP contribution in [0.2, 0.25) is 0 Å². The Morgan fingerprint density at radius 3 is 2.73 bits per heavy atom. The first-order valence-electron chi connectivity index (χ1n) is 9.45. The van der Waals surface area contributed by atoms with Crippen molar-refractivity contribution in [1.29, 1.82) is 0 Å². The number of aryl methyl sites for hydroxylation is 1. The Kier molecular flexibility index (Phi) is 4.13. The lowest BCUT2D eigenvalue weighted by molar-refractivity contribution is 0.0699. The van der Waals surface area contributed by atoms with Crippen LogP contribution in [-0.4, -0.2) is 28.9 Å². The molecule has 1 aliphatic carbocycles. The molecule has 0 saturated carbocycles. The van der Waals surface area contributed by atoms with Gasteiger partial charge in [0.25, 0.3) is 5.91 Å². The van der Waals surface area contributed by atoms with Crippen molar-refractivity contribution in [2.75, 3.05) is 18.1 Å². The number of rotatable bonds is 1. The van der Waals surface area contributed by atoms with E-state index in [1.54, 1.807) is 0 Å². The molecule has 1 amide bonds. The molecule has 0 unspecified atom stereocenters. The third-order valence-electron chi connectivity index (χ3n) is 5.88. The number of carbonyl (C=O) groups is 1. The minimum atomic E-state index is 0.0644. The quantitative estimate of drug-likeness (QED) is 0.709. The van der Waals surface area contributed by atoms with Gasteiger partial charge in [-0.05, 0) is 37.3 Å². The van der Waals surface area contributed by atoms with Crippen LogP contribution in [0.25, 0.3) is 0 Å². The molecule has 1 saturated heterocycles. The number of nitrogens with zero attached hydrogens (tertiary/aromatic N) is 1. The molecule has 136 valence electrons. The van der Waals surface area contributed by atoms with Gasteiger partial charge in [-0.3, -0.25) is 4.79 Å². The first-order valence-corrected chi connectivity index (χ1v) is 11.4. The molecule has 1 aromatic carbocycles.